The molecule has 1 aromatic carbocycles. The minimum absolute atomic E-state index is 0.473. The molecule has 1 atom stereocenters. The quantitative estimate of drug-likeness (QED) is 0.926. The van der Waals surface area contributed by atoms with Gasteiger partial charge in [0, 0.05) is 13.5 Å². The number of halogens is 1. The van der Waals surface area contributed by atoms with E-state index in [4.69, 9.17) is 11.6 Å². The number of benzene rings is 1. The highest BCUT2D eigenvalue weighted by Crippen LogP contribution is 2.26. The molecule has 1 unspecified atom stereocenters. The first kappa shape index (κ1) is 13.1. The predicted molar refractivity (Wildman–Crippen MR) is 72.8 cm³/mol. The normalized spacial score (nSPS) is 12.7. The third-order valence-electron chi connectivity index (χ3n) is 3.20. The summed E-state index contributed by atoms with van der Waals surface area (Å²) in [6.07, 6.45) is -0.0837. The van der Waals surface area contributed by atoms with Gasteiger partial charge >= 0.3 is 0 Å². The summed E-state index contributed by atoms with van der Waals surface area (Å²) in [4.78, 5) is 0. The van der Waals surface area contributed by atoms with Crippen LogP contribution in [0.25, 0.3) is 0 Å². The van der Waals surface area contributed by atoms with Gasteiger partial charge in [0.15, 0.2) is 0 Å². The van der Waals surface area contributed by atoms with Crippen LogP contribution in [0.3, 0.4) is 0 Å². The lowest BCUT2D eigenvalue weighted by atomic mass is 10.00. The Morgan fingerprint density at radius 2 is 2.00 bits per heavy atom. The van der Waals surface area contributed by atoms with Crippen molar-refractivity contribution < 1.29 is 5.11 Å². The molecule has 3 nitrogen and oxygen atoms in total. The van der Waals surface area contributed by atoms with E-state index in [9.17, 15) is 5.11 Å². The van der Waals surface area contributed by atoms with Crippen LogP contribution in [-0.2, 0) is 13.5 Å². The van der Waals surface area contributed by atoms with Gasteiger partial charge in [0.1, 0.15) is 0 Å². The summed E-state index contributed by atoms with van der Waals surface area (Å²) < 4.78 is 1.74. The second kappa shape index (κ2) is 5.12. The van der Waals surface area contributed by atoms with Crippen LogP contribution in [0.5, 0.6) is 0 Å². The van der Waals surface area contributed by atoms with E-state index >= 15 is 0 Å². The molecule has 0 aliphatic rings. The molecule has 0 radical (unpaired) electrons. The van der Waals surface area contributed by atoms with E-state index in [1.165, 1.54) is 0 Å². The predicted octanol–water partition coefficient (Wildman–Crippen LogP) is 2.97. The minimum atomic E-state index is -0.557. The molecule has 4 heteroatoms. The van der Waals surface area contributed by atoms with Crippen molar-refractivity contribution in [2.75, 3.05) is 0 Å². The Labute approximate surface area is 112 Å². The van der Waals surface area contributed by atoms with E-state index in [0.717, 1.165) is 22.5 Å². The second-order valence-corrected chi connectivity index (χ2v) is 4.92. The number of rotatable bonds is 3. The summed E-state index contributed by atoms with van der Waals surface area (Å²) in [5.41, 5.74) is 3.68. The minimum Gasteiger partial charge on any atom is -0.388 e. The number of aliphatic hydroxyl groups excluding tert-OH is 1. The third kappa shape index (κ3) is 2.42. The molecule has 0 bridgehead atoms. The maximum Gasteiger partial charge on any atom is 0.0848 e. The molecular weight excluding hydrogens is 248 g/mol. The molecule has 2 aromatic rings. The van der Waals surface area contributed by atoms with Crippen molar-refractivity contribution in [1.29, 1.82) is 0 Å². The summed E-state index contributed by atoms with van der Waals surface area (Å²) >= 11 is 6.19. The van der Waals surface area contributed by atoms with Crippen LogP contribution < -0.4 is 0 Å². The Kier molecular flexibility index (Phi) is 3.73. The van der Waals surface area contributed by atoms with Crippen molar-refractivity contribution in [3.8, 4) is 0 Å². The topological polar surface area (TPSA) is 38.1 Å². The van der Waals surface area contributed by atoms with Gasteiger partial charge in [-0.15, -0.1) is 0 Å². The van der Waals surface area contributed by atoms with Gasteiger partial charge in [0.05, 0.1) is 22.5 Å². The molecular formula is C14H17ClN2O. The van der Waals surface area contributed by atoms with Crippen molar-refractivity contribution in [3.63, 3.8) is 0 Å². The Morgan fingerprint density at radius 3 is 2.56 bits per heavy atom. The lowest BCUT2D eigenvalue weighted by Crippen LogP contribution is -2.08. The highest BCUT2D eigenvalue weighted by atomic mass is 35.5. The maximum absolute atomic E-state index is 10.3. The molecule has 0 spiro atoms. The summed E-state index contributed by atoms with van der Waals surface area (Å²) in [5, 5.41) is 15.2. The number of aromatic nitrogens is 2. The number of nitrogens with zero attached hydrogens (tertiary/aromatic N) is 2. The van der Waals surface area contributed by atoms with Crippen LogP contribution in [0.2, 0.25) is 5.02 Å². The van der Waals surface area contributed by atoms with Crippen LogP contribution in [-0.4, -0.2) is 14.9 Å². The van der Waals surface area contributed by atoms with E-state index in [1.807, 2.05) is 45.2 Å². The van der Waals surface area contributed by atoms with E-state index in [1.54, 1.807) is 4.68 Å². The first-order valence-electron chi connectivity index (χ1n) is 5.92. The highest BCUT2D eigenvalue weighted by Gasteiger charge is 2.17. The fourth-order valence-corrected chi connectivity index (χ4v) is 2.39. The fourth-order valence-electron chi connectivity index (χ4n) is 2.16. The van der Waals surface area contributed by atoms with Gasteiger partial charge < -0.3 is 5.11 Å². The monoisotopic (exact) mass is 264 g/mol. The van der Waals surface area contributed by atoms with Crippen LogP contribution in [0.1, 0.15) is 28.6 Å². The number of aryl methyl sites for hydroxylation is 3. The van der Waals surface area contributed by atoms with E-state index in [-0.39, 0.29) is 0 Å². The summed E-state index contributed by atoms with van der Waals surface area (Å²) in [7, 11) is 1.85. The van der Waals surface area contributed by atoms with Crippen molar-refractivity contribution in [3.05, 3.63) is 51.8 Å². The summed E-state index contributed by atoms with van der Waals surface area (Å²) in [5.74, 6) is 0. The largest absolute Gasteiger partial charge is 0.388 e. The number of hydrogen-bond donors (Lipinski definition) is 1. The van der Waals surface area contributed by atoms with Gasteiger partial charge in [-0.25, -0.2) is 0 Å². The Bertz CT molecular complexity index is 563. The van der Waals surface area contributed by atoms with Crippen LogP contribution >= 0.6 is 11.6 Å². The molecule has 0 fully saturated rings. The molecule has 2 rings (SSSR count). The lowest BCUT2D eigenvalue weighted by Gasteiger charge is -2.14. The van der Waals surface area contributed by atoms with Crippen LogP contribution in [0.15, 0.2) is 24.3 Å². The molecule has 0 amide bonds. The van der Waals surface area contributed by atoms with Crippen LogP contribution in [0.4, 0.5) is 0 Å². The zero-order valence-electron chi connectivity index (χ0n) is 10.8. The van der Waals surface area contributed by atoms with Gasteiger partial charge in [0.25, 0.3) is 0 Å². The van der Waals surface area contributed by atoms with E-state index in [2.05, 4.69) is 5.10 Å². The maximum atomic E-state index is 10.3. The van der Waals surface area contributed by atoms with Gasteiger partial charge in [-0.05, 0) is 25.0 Å². The van der Waals surface area contributed by atoms with Crippen molar-refractivity contribution >= 4 is 11.6 Å². The molecule has 18 heavy (non-hydrogen) atoms. The number of aliphatic hydroxyl groups is 1. The Hall–Kier alpha value is -1.32. The lowest BCUT2D eigenvalue weighted by molar-refractivity contribution is 0.175. The van der Waals surface area contributed by atoms with Crippen molar-refractivity contribution in [2.45, 2.75) is 26.4 Å². The number of hydrogen-bond acceptors (Lipinski definition) is 2. The summed E-state index contributed by atoms with van der Waals surface area (Å²) in [6, 6.07) is 7.83. The van der Waals surface area contributed by atoms with Gasteiger partial charge in [-0.3, -0.25) is 4.68 Å². The van der Waals surface area contributed by atoms with Crippen molar-refractivity contribution in [2.24, 2.45) is 7.05 Å². The average molecular weight is 265 g/mol. The van der Waals surface area contributed by atoms with Crippen LogP contribution in [0, 0.1) is 13.8 Å². The Balaban J connectivity index is 2.27. The van der Waals surface area contributed by atoms with Gasteiger partial charge in [-0.1, -0.05) is 35.9 Å². The molecule has 0 aliphatic carbocycles. The highest BCUT2D eigenvalue weighted by molar-refractivity contribution is 6.31. The van der Waals surface area contributed by atoms with E-state index < -0.39 is 6.10 Å². The first-order chi connectivity index (χ1) is 8.50. The SMILES string of the molecule is Cc1ccccc1C(O)Cc1c(Cl)c(C)nn1C. The second-order valence-electron chi connectivity index (χ2n) is 4.55. The average Bonchev–Trinajstić information content (AvgIpc) is 2.56. The molecule has 0 aliphatic heterocycles. The smallest absolute Gasteiger partial charge is 0.0848 e. The molecule has 0 saturated carbocycles. The van der Waals surface area contributed by atoms with Crippen molar-refractivity contribution in [1.82, 2.24) is 9.78 Å². The van der Waals surface area contributed by atoms with Gasteiger partial charge in [0.2, 0.25) is 0 Å². The summed E-state index contributed by atoms with van der Waals surface area (Å²) in [6.45, 7) is 3.86. The molecule has 0 saturated heterocycles. The Morgan fingerprint density at radius 1 is 1.33 bits per heavy atom. The first-order valence-corrected chi connectivity index (χ1v) is 6.30. The fraction of sp³-hybridized carbons (Fsp3) is 0.357. The molecule has 96 valence electrons. The molecule has 1 aromatic heterocycles. The van der Waals surface area contributed by atoms with Gasteiger partial charge in [-0.2, -0.15) is 5.10 Å². The zero-order chi connectivity index (χ0) is 13.3. The third-order valence-corrected chi connectivity index (χ3v) is 3.69. The standard InChI is InChI=1S/C14H17ClN2O/c1-9-6-4-5-7-11(9)13(18)8-12-14(15)10(2)16-17(12)3/h4-7,13,18H,8H2,1-3H3. The molecule has 1 heterocycles. The molecule has 1 N–H and O–H groups in total. The zero-order valence-corrected chi connectivity index (χ0v) is 11.6. The van der Waals surface area contributed by atoms with E-state index in [0.29, 0.717) is 11.4 Å².